The number of aromatic nitrogens is 1. The van der Waals surface area contributed by atoms with Crippen LogP contribution in [0.1, 0.15) is 20.8 Å². The zero-order chi connectivity index (χ0) is 22.3. The predicted molar refractivity (Wildman–Crippen MR) is 104 cm³/mol. The zero-order valence-electron chi connectivity index (χ0n) is 16.3. The van der Waals surface area contributed by atoms with Crippen LogP contribution in [0.2, 0.25) is 5.15 Å². The van der Waals surface area contributed by atoms with Gasteiger partial charge in [-0.15, -0.1) is 0 Å². The summed E-state index contributed by atoms with van der Waals surface area (Å²) in [6.45, 7) is 3.29. The summed E-state index contributed by atoms with van der Waals surface area (Å²) in [6, 6.07) is 2.10. The highest BCUT2D eigenvalue weighted by Gasteiger charge is 2.50. The molecular weight excluding hydrogens is 440 g/mol. The number of halogens is 1. The Labute approximate surface area is 181 Å². The van der Waals surface area contributed by atoms with E-state index in [1.807, 2.05) is 0 Å². The van der Waals surface area contributed by atoms with Crippen LogP contribution < -0.4 is 0 Å². The lowest BCUT2D eigenvalue weighted by molar-refractivity contribution is -0.201. The number of carbonyl (C=O) groups excluding carboxylic acids is 3. The number of rotatable bonds is 7. The number of azide groups is 1. The molecule has 1 aromatic rings. The normalized spacial score (nSPS) is 25.5. The molecule has 0 aliphatic carbocycles. The maximum atomic E-state index is 11.7. The van der Waals surface area contributed by atoms with Crippen molar-refractivity contribution in [2.45, 2.75) is 55.5 Å². The Morgan fingerprint density at radius 3 is 2.47 bits per heavy atom. The Bertz CT molecular complexity index is 851. The number of nitrogens with zero attached hydrogens (tertiary/aromatic N) is 4. The molecule has 3 unspecified atom stereocenters. The molecule has 0 amide bonds. The second kappa shape index (κ2) is 11.0. The Morgan fingerprint density at radius 2 is 1.90 bits per heavy atom. The summed E-state index contributed by atoms with van der Waals surface area (Å²) in [5, 5.41) is 3.93. The van der Waals surface area contributed by atoms with Gasteiger partial charge in [-0.2, -0.15) is 0 Å². The van der Waals surface area contributed by atoms with E-state index >= 15 is 0 Å². The van der Waals surface area contributed by atoms with Crippen LogP contribution in [0.4, 0.5) is 0 Å². The molecule has 13 heteroatoms. The Morgan fingerprint density at radius 1 is 1.23 bits per heavy atom. The lowest BCUT2D eigenvalue weighted by Crippen LogP contribution is -2.59. The monoisotopic (exact) mass is 458 g/mol. The first-order valence-electron chi connectivity index (χ1n) is 8.67. The molecule has 1 fully saturated rings. The van der Waals surface area contributed by atoms with Crippen LogP contribution in [0.15, 0.2) is 28.3 Å². The van der Waals surface area contributed by atoms with E-state index in [2.05, 4.69) is 15.0 Å². The molecule has 5 atom stereocenters. The summed E-state index contributed by atoms with van der Waals surface area (Å²) in [6.07, 6.45) is -1.75. The smallest absolute Gasteiger partial charge is 0.303 e. The lowest BCUT2D eigenvalue weighted by atomic mass is 9.97. The van der Waals surface area contributed by atoms with Gasteiger partial charge in [-0.25, -0.2) is 4.98 Å². The molecule has 11 nitrogen and oxygen atoms in total. The quantitative estimate of drug-likeness (QED) is 0.150. The first-order valence-corrected chi connectivity index (χ1v) is 9.92. The summed E-state index contributed by atoms with van der Waals surface area (Å²) in [7, 11) is 0. The molecule has 1 aliphatic heterocycles. The van der Waals surface area contributed by atoms with Crippen LogP contribution in [0.3, 0.4) is 0 Å². The van der Waals surface area contributed by atoms with Crippen molar-refractivity contribution < 1.29 is 33.3 Å². The van der Waals surface area contributed by atoms with Crippen LogP contribution in [0, 0.1) is 0 Å². The number of ether oxygens (including phenoxy) is 4. The number of carbonyl (C=O) groups is 3. The fraction of sp³-hybridized carbons (Fsp3) is 0.529. The van der Waals surface area contributed by atoms with Crippen molar-refractivity contribution in [3.8, 4) is 0 Å². The van der Waals surface area contributed by atoms with Gasteiger partial charge in [-0.3, -0.25) is 14.4 Å². The molecule has 30 heavy (non-hydrogen) atoms. The van der Waals surface area contributed by atoms with Crippen molar-refractivity contribution in [2.24, 2.45) is 5.11 Å². The molecule has 0 aromatic carbocycles. The van der Waals surface area contributed by atoms with E-state index in [-0.39, 0.29) is 11.8 Å². The molecule has 2 heterocycles. The minimum Gasteiger partial charge on any atom is -0.463 e. The van der Waals surface area contributed by atoms with Crippen molar-refractivity contribution in [1.82, 2.24) is 4.98 Å². The van der Waals surface area contributed by atoms with E-state index in [0.717, 1.165) is 18.7 Å². The molecule has 0 spiro atoms. The minimum atomic E-state index is -1.15. The number of pyridine rings is 1. The Balaban J connectivity index is 2.43. The van der Waals surface area contributed by atoms with Crippen molar-refractivity contribution in [2.75, 3.05) is 6.61 Å². The maximum absolute atomic E-state index is 11.7. The van der Waals surface area contributed by atoms with Crippen molar-refractivity contribution in [3.63, 3.8) is 0 Å². The van der Waals surface area contributed by atoms with Crippen LogP contribution in [-0.2, 0) is 33.3 Å². The number of thioether (sulfide) groups is 1. The van der Waals surface area contributed by atoms with Gasteiger partial charge in [0, 0.05) is 36.8 Å². The Hall–Kier alpha value is -2.53. The van der Waals surface area contributed by atoms with Gasteiger partial charge < -0.3 is 18.9 Å². The van der Waals surface area contributed by atoms with Crippen LogP contribution in [0.5, 0.6) is 0 Å². The highest BCUT2D eigenvalue weighted by atomic mass is 35.5. The van der Waals surface area contributed by atoms with Crippen molar-refractivity contribution in [1.29, 1.82) is 0 Å². The maximum Gasteiger partial charge on any atom is 0.303 e. The first-order chi connectivity index (χ1) is 14.2. The van der Waals surface area contributed by atoms with E-state index in [4.69, 9.17) is 36.1 Å². The van der Waals surface area contributed by atoms with Gasteiger partial charge in [0.2, 0.25) is 0 Å². The van der Waals surface area contributed by atoms with Crippen LogP contribution in [0.25, 0.3) is 10.4 Å². The Kier molecular flexibility index (Phi) is 8.72. The molecule has 0 bridgehead atoms. The largest absolute Gasteiger partial charge is 0.463 e. The summed E-state index contributed by atoms with van der Waals surface area (Å²) in [5.74, 6) is -1.91. The fourth-order valence-electron chi connectivity index (χ4n) is 2.76. The lowest BCUT2D eigenvalue weighted by Gasteiger charge is -2.43. The van der Waals surface area contributed by atoms with Crippen LogP contribution >= 0.6 is 23.4 Å². The molecule has 0 saturated carbocycles. The van der Waals surface area contributed by atoms with E-state index in [1.165, 1.54) is 20.0 Å². The van der Waals surface area contributed by atoms with Gasteiger partial charge in [0.05, 0.1) is 0 Å². The predicted octanol–water partition coefficient (Wildman–Crippen LogP) is 2.66. The summed E-state index contributed by atoms with van der Waals surface area (Å²) >= 11 is 7.05. The molecule has 1 aliphatic rings. The van der Waals surface area contributed by atoms with Gasteiger partial charge in [-0.1, -0.05) is 28.5 Å². The number of hydrogen-bond donors (Lipinski definition) is 0. The third-order valence-electron chi connectivity index (χ3n) is 3.81. The topological polar surface area (TPSA) is 150 Å². The third-order valence-corrected chi connectivity index (χ3v) is 5.15. The highest BCUT2D eigenvalue weighted by Crippen LogP contribution is 2.37. The molecular formula is C17H19ClN4O7S. The molecule has 0 radical (unpaired) electrons. The first kappa shape index (κ1) is 23.7. The second-order valence-corrected chi connectivity index (χ2v) is 7.68. The molecule has 0 N–H and O–H groups in total. The fourth-order valence-corrected chi connectivity index (χ4v) is 4.14. The second-order valence-electron chi connectivity index (χ2n) is 6.12. The number of hydrogen-bond acceptors (Lipinski definition) is 10. The summed E-state index contributed by atoms with van der Waals surface area (Å²) < 4.78 is 21.6. The van der Waals surface area contributed by atoms with E-state index in [1.54, 1.807) is 12.1 Å². The van der Waals surface area contributed by atoms with Crippen molar-refractivity contribution >= 4 is 41.3 Å². The third kappa shape index (κ3) is 6.77. The van der Waals surface area contributed by atoms with Gasteiger partial charge in [0.1, 0.15) is 41.5 Å². The van der Waals surface area contributed by atoms with E-state index in [9.17, 15) is 14.4 Å². The average Bonchev–Trinajstić information content (AvgIpc) is 2.64. The SMILES string of the molecule is CC(=O)OCC1O[C@H](Sc2ccnc(Cl)c2)C(OC(C)=O)C(N=[N+]=[N-])[C@H]1OC(C)=O. The van der Waals surface area contributed by atoms with Crippen molar-refractivity contribution in [3.05, 3.63) is 33.9 Å². The van der Waals surface area contributed by atoms with E-state index < -0.39 is 47.7 Å². The molecule has 162 valence electrons. The number of esters is 3. The van der Waals surface area contributed by atoms with E-state index in [0.29, 0.717) is 4.90 Å². The average molecular weight is 459 g/mol. The van der Waals surface area contributed by atoms with Gasteiger partial charge in [-0.05, 0) is 17.7 Å². The van der Waals surface area contributed by atoms with Gasteiger partial charge in [0.15, 0.2) is 0 Å². The standard InChI is InChI=1S/C17H19ClN4O7S/c1-8(23)26-7-12-15(27-9(2)24)14(21-22-19)16(28-10(3)25)17(29-12)30-11-4-5-20-13(18)6-11/h4-6,12,14-17H,7H2,1-3H3/t12?,14?,15-,16?,17+/m0/s1. The van der Waals surface area contributed by atoms with Crippen LogP contribution in [-0.4, -0.2) is 59.3 Å². The summed E-state index contributed by atoms with van der Waals surface area (Å²) in [4.78, 5) is 41.9. The zero-order valence-corrected chi connectivity index (χ0v) is 17.8. The molecule has 1 saturated heterocycles. The van der Waals surface area contributed by atoms with Gasteiger partial charge in [0.25, 0.3) is 0 Å². The molecule has 2 rings (SSSR count). The minimum absolute atomic E-state index is 0.237. The summed E-state index contributed by atoms with van der Waals surface area (Å²) in [5.41, 5.74) is 8.16. The van der Waals surface area contributed by atoms with Gasteiger partial charge >= 0.3 is 17.9 Å². The highest BCUT2D eigenvalue weighted by molar-refractivity contribution is 7.99. The molecule has 1 aromatic heterocycles.